The van der Waals surface area contributed by atoms with Gasteiger partial charge in [0.1, 0.15) is 24.7 Å². The van der Waals surface area contributed by atoms with Crippen LogP contribution in [0, 0.1) is 0 Å². The second kappa shape index (κ2) is 10.4. The standard InChI is InChI=1S/C18H18Cl2N2O8S2/c1-11(23)21-15-9-13(31(19,25)26)3-5-17(15)29-7-8-30-18-6-4-14(32(20,27)28)10-16(18)22-12(2)24/h3-6,9-10H,7-8H2,1-2H3,(H,21,23)(H,22,24). The normalized spacial score (nSPS) is 11.5. The third kappa shape index (κ3) is 7.55. The Bertz CT molecular complexity index is 1150. The number of hydrogen-bond donors (Lipinski definition) is 2. The molecule has 0 atom stereocenters. The molecule has 2 rings (SSSR count). The highest BCUT2D eigenvalue weighted by Crippen LogP contribution is 2.31. The molecule has 0 aliphatic rings. The maximum absolute atomic E-state index is 11.5. The molecule has 174 valence electrons. The Balaban J connectivity index is 2.14. The first-order chi connectivity index (χ1) is 14.8. The van der Waals surface area contributed by atoms with Gasteiger partial charge >= 0.3 is 0 Å². The Hall–Kier alpha value is -2.54. The van der Waals surface area contributed by atoms with Gasteiger partial charge in [-0.05, 0) is 36.4 Å². The quantitative estimate of drug-likeness (QED) is 0.376. The lowest BCUT2D eigenvalue weighted by Crippen LogP contribution is -2.14. The van der Waals surface area contributed by atoms with Crippen LogP contribution in [-0.4, -0.2) is 41.9 Å². The summed E-state index contributed by atoms with van der Waals surface area (Å²) in [7, 11) is 2.63. The summed E-state index contributed by atoms with van der Waals surface area (Å²) in [6.45, 7) is 2.38. The van der Waals surface area contributed by atoms with Crippen molar-refractivity contribution in [3.63, 3.8) is 0 Å². The highest BCUT2D eigenvalue weighted by molar-refractivity contribution is 8.14. The van der Waals surface area contributed by atoms with E-state index in [1.54, 1.807) is 0 Å². The van der Waals surface area contributed by atoms with E-state index in [1.807, 2.05) is 0 Å². The van der Waals surface area contributed by atoms with Crippen LogP contribution in [-0.2, 0) is 27.7 Å². The van der Waals surface area contributed by atoms with Crippen LogP contribution in [0.3, 0.4) is 0 Å². The van der Waals surface area contributed by atoms with Gasteiger partial charge in [-0.25, -0.2) is 16.8 Å². The van der Waals surface area contributed by atoms with Gasteiger partial charge in [0.2, 0.25) is 11.8 Å². The van der Waals surface area contributed by atoms with Gasteiger partial charge in [0.15, 0.2) is 0 Å². The molecule has 0 saturated carbocycles. The monoisotopic (exact) mass is 524 g/mol. The minimum atomic E-state index is -4.01. The predicted molar refractivity (Wildman–Crippen MR) is 119 cm³/mol. The summed E-state index contributed by atoms with van der Waals surface area (Å²) in [5.41, 5.74) is 0.185. The number of benzene rings is 2. The van der Waals surface area contributed by atoms with Crippen molar-refractivity contribution in [1.29, 1.82) is 0 Å². The molecule has 2 N–H and O–H groups in total. The number of carbonyl (C=O) groups excluding carboxylic acids is 2. The maximum atomic E-state index is 11.5. The summed E-state index contributed by atoms with van der Waals surface area (Å²) in [5, 5.41) is 4.90. The number of carbonyl (C=O) groups is 2. The summed E-state index contributed by atoms with van der Waals surface area (Å²) in [6.07, 6.45) is 0. The number of hydrogen-bond acceptors (Lipinski definition) is 8. The SMILES string of the molecule is CC(=O)Nc1cc(S(=O)(=O)Cl)ccc1OCCOc1ccc(S(=O)(=O)Cl)cc1NC(C)=O. The Labute approximate surface area is 193 Å². The number of rotatable bonds is 9. The lowest BCUT2D eigenvalue weighted by molar-refractivity contribution is -0.115. The topological polar surface area (TPSA) is 145 Å². The Morgan fingerprint density at radius 2 is 1.09 bits per heavy atom. The molecular weight excluding hydrogens is 507 g/mol. The van der Waals surface area contributed by atoms with Crippen LogP contribution in [0.5, 0.6) is 11.5 Å². The summed E-state index contributed by atoms with van der Waals surface area (Å²) in [6, 6.07) is 7.38. The molecular formula is C18H18Cl2N2O8S2. The van der Waals surface area contributed by atoms with Crippen molar-refractivity contribution in [2.45, 2.75) is 23.6 Å². The van der Waals surface area contributed by atoms with Crippen LogP contribution >= 0.6 is 21.4 Å². The van der Waals surface area contributed by atoms with Gasteiger partial charge in [0.05, 0.1) is 21.2 Å². The van der Waals surface area contributed by atoms with E-state index in [0.29, 0.717) is 0 Å². The van der Waals surface area contributed by atoms with E-state index in [2.05, 4.69) is 10.6 Å². The highest BCUT2D eigenvalue weighted by atomic mass is 35.7. The van der Waals surface area contributed by atoms with Crippen molar-refractivity contribution >= 4 is 62.7 Å². The number of anilines is 2. The van der Waals surface area contributed by atoms with E-state index < -0.39 is 29.9 Å². The number of amides is 2. The minimum Gasteiger partial charge on any atom is -0.488 e. The zero-order valence-corrected chi connectivity index (χ0v) is 19.9. The van der Waals surface area contributed by atoms with Crippen molar-refractivity contribution < 1.29 is 35.9 Å². The summed E-state index contributed by atoms with van der Waals surface area (Å²) in [4.78, 5) is 22.4. The molecule has 32 heavy (non-hydrogen) atoms. The molecule has 0 aromatic heterocycles. The smallest absolute Gasteiger partial charge is 0.261 e. The molecule has 0 spiro atoms. The molecule has 14 heteroatoms. The van der Waals surface area contributed by atoms with Gasteiger partial charge in [-0.2, -0.15) is 0 Å². The molecule has 10 nitrogen and oxygen atoms in total. The van der Waals surface area contributed by atoms with E-state index in [-0.39, 0.29) is 45.9 Å². The summed E-state index contributed by atoms with van der Waals surface area (Å²) in [5.74, 6) is -0.578. The van der Waals surface area contributed by atoms with E-state index in [1.165, 1.54) is 38.1 Å². The van der Waals surface area contributed by atoms with Crippen LogP contribution < -0.4 is 20.1 Å². The van der Waals surface area contributed by atoms with Crippen LogP contribution in [0.25, 0.3) is 0 Å². The first-order valence-corrected chi connectivity index (χ1v) is 13.4. The van der Waals surface area contributed by atoms with Crippen molar-refractivity contribution in [1.82, 2.24) is 0 Å². The molecule has 0 saturated heterocycles. The van der Waals surface area contributed by atoms with Gasteiger partial charge in [-0.3, -0.25) is 9.59 Å². The van der Waals surface area contributed by atoms with Crippen LogP contribution in [0.15, 0.2) is 46.2 Å². The second-order valence-electron chi connectivity index (χ2n) is 6.25. The molecule has 0 radical (unpaired) electrons. The largest absolute Gasteiger partial charge is 0.488 e. The van der Waals surface area contributed by atoms with E-state index >= 15 is 0 Å². The van der Waals surface area contributed by atoms with Crippen molar-refractivity contribution in [2.24, 2.45) is 0 Å². The lowest BCUT2D eigenvalue weighted by atomic mass is 10.3. The first kappa shape index (κ1) is 25.7. The molecule has 2 aromatic carbocycles. The molecule has 0 fully saturated rings. The Morgan fingerprint density at radius 3 is 1.38 bits per heavy atom. The molecule has 0 heterocycles. The average Bonchev–Trinajstić information content (AvgIpc) is 2.64. The summed E-state index contributed by atoms with van der Waals surface area (Å²) < 4.78 is 57.1. The van der Waals surface area contributed by atoms with Gasteiger partial charge in [-0.1, -0.05) is 0 Å². The van der Waals surface area contributed by atoms with Gasteiger partial charge in [-0.15, -0.1) is 0 Å². The predicted octanol–water partition coefficient (Wildman–Crippen LogP) is 2.92. The van der Waals surface area contributed by atoms with Crippen LogP contribution in [0.2, 0.25) is 0 Å². The minimum absolute atomic E-state index is 0.0470. The first-order valence-electron chi connectivity index (χ1n) is 8.75. The fraction of sp³-hybridized carbons (Fsp3) is 0.222. The number of nitrogens with one attached hydrogen (secondary N) is 2. The van der Waals surface area contributed by atoms with Gasteiger partial charge in [0, 0.05) is 35.2 Å². The Kier molecular flexibility index (Phi) is 8.35. The number of halogens is 2. The molecule has 0 bridgehead atoms. The lowest BCUT2D eigenvalue weighted by Gasteiger charge is -2.15. The Morgan fingerprint density at radius 1 is 0.750 bits per heavy atom. The van der Waals surface area contributed by atoms with Gasteiger partial charge in [0.25, 0.3) is 18.1 Å². The van der Waals surface area contributed by atoms with Crippen molar-refractivity contribution in [3.05, 3.63) is 36.4 Å². The van der Waals surface area contributed by atoms with Crippen LogP contribution in [0.4, 0.5) is 11.4 Å². The average molecular weight is 525 g/mol. The number of ether oxygens (including phenoxy) is 2. The molecule has 2 amide bonds. The van der Waals surface area contributed by atoms with E-state index in [0.717, 1.165) is 12.1 Å². The van der Waals surface area contributed by atoms with E-state index in [4.69, 9.17) is 30.8 Å². The molecule has 0 unspecified atom stereocenters. The second-order valence-corrected chi connectivity index (χ2v) is 11.4. The maximum Gasteiger partial charge on any atom is 0.261 e. The van der Waals surface area contributed by atoms with Crippen LogP contribution in [0.1, 0.15) is 13.8 Å². The fourth-order valence-corrected chi connectivity index (χ4v) is 4.01. The molecule has 2 aromatic rings. The third-order valence-corrected chi connectivity index (χ3v) is 6.39. The van der Waals surface area contributed by atoms with Crippen molar-refractivity contribution in [3.8, 4) is 11.5 Å². The fourth-order valence-electron chi connectivity index (χ4n) is 2.45. The highest BCUT2D eigenvalue weighted by Gasteiger charge is 2.16. The van der Waals surface area contributed by atoms with Gasteiger partial charge < -0.3 is 20.1 Å². The molecule has 0 aliphatic heterocycles. The van der Waals surface area contributed by atoms with Crippen molar-refractivity contribution in [2.75, 3.05) is 23.8 Å². The third-order valence-electron chi connectivity index (χ3n) is 3.68. The zero-order chi connectivity index (χ0) is 24.1. The summed E-state index contributed by atoms with van der Waals surface area (Å²) >= 11 is 0. The zero-order valence-electron chi connectivity index (χ0n) is 16.7. The molecule has 0 aliphatic carbocycles. The van der Waals surface area contributed by atoms with E-state index in [9.17, 15) is 26.4 Å².